The van der Waals surface area contributed by atoms with Crippen LogP contribution < -0.4 is 10.5 Å². The Morgan fingerprint density at radius 3 is 2.85 bits per heavy atom. The first-order valence-corrected chi connectivity index (χ1v) is 7.55. The molecule has 0 spiro atoms. The van der Waals surface area contributed by atoms with Crippen molar-refractivity contribution in [2.45, 2.75) is 25.2 Å². The molecule has 1 aromatic heterocycles. The molecule has 2 aromatic rings. The maximum Gasteiger partial charge on any atom is 0.167 e. The number of ether oxygens (including phenoxy) is 1. The van der Waals surface area contributed by atoms with Crippen molar-refractivity contribution >= 4 is 17.0 Å². The number of hydrogen-bond donors (Lipinski definition) is 1. The Hall–Kier alpha value is -1.99. The van der Waals surface area contributed by atoms with Gasteiger partial charge in [0.1, 0.15) is 5.75 Å². The third-order valence-electron chi connectivity index (χ3n) is 3.59. The third-order valence-corrected chi connectivity index (χ3v) is 4.36. The van der Waals surface area contributed by atoms with E-state index in [4.69, 9.17) is 10.5 Å². The highest BCUT2D eigenvalue weighted by molar-refractivity contribution is 7.10. The summed E-state index contributed by atoms with van der Waals surface area (Å²) < 4.78 is 5.13. The Bertz CT molecular complexity index is 677. The summed E-state index contributed by atoms with van der Waals surface area (Å²) in [7, 11) is 1.61. The Kier molecular flexibility index (Phi) is 3.62. The number of anilines is 1. The number of benzene rings is 1. The van der Waals surface area contributed by atoms with Crippen LogP contribution >= 0.6 is 11.3 Å². The molecule has 0 radical (unpaired) electrons. The largest absolute Gasteiger partial charge is 0.495 e. The van der Waals surface area contributed by atoms with Gasteiger partial charge in [-0.05, 0) is 37.0 Å². The van der Waals surface area contributed by atoms with E-state index in [1.54, 1.807) is 18.4 Å². The monoisotopic (exact) mass is 284 g/mol. The quantitative estimate of drug-likeness (QED) is 0.679. The fourth-order valence-electron chi connectivity index (χ4n) is 2.17. The fraction of sp³-hybridized carbons (Fsp3) is 0.312. The van der Waals surface area contributed by atoms with E-state index in [0.717, 1.165) is 10.6 Å². The molecule has 1 aliphatic carbocycles. The van der Waals surface area contributed by atoms with Gasteiger partial charge in [0.15, 0.2) is 5.01 Å². The summed E-state index contributed by atoms with van der Waals surface area (Å²) in [6.07, 6.45) is 3.87. The minimum absolute atomic E-state index is 0.605. The molecule has 1 aromatic carbocycles. The van der Waals surface area contributed by atoms with Gasteiger partial charge in [-0.1, -0.05) is 12.3 Å². The molecule has 102 valence electrons. The predicted octanol–water partition coefficient (Wildman–Crippen LogP) is 3.40. The molecule has 3 rings (SSSR count). The molecule has 0 aliphatic heterocycles. The van der Waals surface area contributed by atoms with Crippen LogP contribution in [-0.2, 0) is 0 Å². The summed E-state index contributed by atoms with van der Waals surface area (Å²) in [4.78, 5) is 4.59. The lowest BCUT2D eigenvalue weighted by Crippen LogP contribution is -2.08. The van der Waals surface area contributed by atoms with Crippen molar-refractivity contribution in [3.05, 3.63) is 39.8 Å². The number of nitrogens with zero attached hydrogens (tertiary/aromatic N) is 1. The molecule has 3 nitrogen and oxygen atoms in total. The zero-order valence-electron chi connectivity index (χ0n) is 11.3. The van der Waals surface area contributed by atoms with Crippen LogP contribution in [0.2, 0.25) is 0 Å². The SMILES string of the molecule is COc1ccc(C#Cc2nc(C3CCC3)cs2)cc1N. The Labute approximate surface area is 122 Å². The van der Waals surface area contributed by atoms with Gasteiger partial charge in [0.25, 0.3) is 0 Å². The molecule has 1 saturated carbocycles. The van der Waals surface area contributed by atoms with Crippen LogP contribution in [-0.4, -0.2) is 12.1 Å². The second-order valence-corrected chi connectivity index (χ2v) is 5.77. The van der Waals surface area contributed by atoms with Gasteiger partial charge in [-0.15, -0.1) is 11.3 Å². The van der Waals surface area contributed by atoms with E-state index in [-0.39, 0.29) is 0 Å². The smallest absolute Gasteiger partial charge is 0.167 e. The molecule has 20 heavy (non-hydrogen) atoms. The molecule has 0 saturated heterocycles. The van der Waals surface area contributed by atoms with Crippen LogP contribution in [0.1, 0.15) is 41.4 Å². The van der Waals surface area contributed by atoms with E-state index in [1.165, 1.54) is 25.0 Å². The van der Waals surface area contributed by atoms with Gasteiger partial charge in [0.2, 0.25) is 0 Å². The molecule has 0 bridgehead atoms. The van der Waals surface area contributed by atoms with E-state index in [9.17, 15) is 0 Å². The fourth-order valence-corrected chi connectivity index (χ4v) is 2.92. The summed E-state index contributed by atoms with van der Waals surface area (Å²) in [5.74, 6) is 7.56. The number of methoxy groups -OCH3 is 1. The maximum atomic E-state index is 5.86. The molecule has 0 unspecified atom stereocenters. The van der Waals surface area contributed by atoms with Crippen LogP contribution in [0.5, 0.6) is 5.75 Å². The number of hydrogen-bond acceptors (Lipinski definition) is 4. The highest BCUT2D eigenvalue weighted by Gasteiger charge is 2.21. The zero-order valence-corrected chi connectivity index (χ0v) is 12.2. The van der Waals surface area contributed by atoms with Crippen molar-refractivity contribution < 1.29 is 4.74 Å². The number of thiazole rings is 1. The van der Waals surface area contributed by atoms with Crippen LogP contribution in [0, 0.1) is 11.8 Å². The Morgan fingerprint density at radius 1 is 1.35 bits per heavy atom. The molecule has 4 heteroatoms. The van der Waals surface area contributed by atoms with Crippen molar-refractivity contribution in [3.8, 4) is 17.6 Å². The highest BCUT2D eigenvalue weighted by Crippen LogP contribution is 2.36. The molecular weight excluding hydrogens is 268 g/mol. The lowest BCUT2D eigenvalue weighted by Gasteiger charge is -2.22. The highest BCUT2D eigenvalue weighted by atomic mass is 32.1. The molecule has 1 heterocycles. The van der Waals surface area contributed by atoms with Crippen molar-refractivity contribution in [2.75, 3.05) is 12.8 Å². The first-order chi connectivity index (χ1) is 9.76. The number of nitrogens with two attached hydrogens (primary N) is 1. The van der Waals surface area contributed by atoms with Gasteiger partial charge in [-0.25, -0.2) is 4.98 Å². The van der Waals surface area contributed by atoms with E-state index in [0.29, 0.717) is 17.4 Å². The topological polar surface area (TPSA) is 48.1 Å². The summed E-state index contributed by atoms with van der Waals surface area (Å²) >= 11 is 1.62. The second-order valence-electron chi connectivity index (χ2n) is 4.91. The summed E-state index contributed by atoms with van der Waals surface area (Å²) in [6, 6.07) is 5.57. The maximum absolute atomic E-state index is 5.86. The number of nitrogen functional groups attached to an aromatic ring is 1. The summed E-state index contributed by atoms with van der Waals surface area (Å²) in [5, 5.41) is 3.01. The standard InChI is InChI=1S/C16H16N2OS/c1-19-15-7-5-11(9-13(15)17)6-8-16-18-14(10-20-16)12-3-2-4-12/h5,7,9-10,12H,2-4,17H2,1H3. The number of rotatable bonds is 2. The van der Waals surface area contributed by atoms with Gasteiger partial charge in [-0.3, -0.25) is 0 Å². The van der Waals surface area contributed by atoms with Crippen molar-refractivity contribution in [2.24, 2.45) is 0 Å². The lowest BCUT2D eigenvalue weighted by atomic mass is 9.83. The Morgan fingerprint density at radius 2 is 2.20 bits per heavy atom. The first kappa shape index (κ1) is 13.0. The van der Waals surface area contributed by atoms with Gasteiger partial charge in [0, 0.05) is 16.9 Å². The van der Waals surface area contributed by atoms with Crippen molar-refractivity contribution in [1.29, 1.82) is 0 Å². The third kappa shape index (κ3) is 2.63. The summed E-state index contributed by atoms with van der Waals surface area (Å²) in [6.45, 7) is 0. The minimum Gasteiger partial charge on any atom is -0.495 e. The van der Waals surface area contributed by atoms with Crippen molar-refractivity contribution in [1.82, 2.24) is 4.98 Å². The van der Waals surface area contributed by atoms with Crippen molar-refractivity contribution in [3.63, 3.8) is 0 Å². The molecule has 0 amide bonds. The van der Waals surface area contributed by atoms with E-state index < -0.39 is 0 Å². The summed E-state index contributed by atoms with van der Waals surface area (Å²) in [5.41, 5.74) is 8.56. The van der Waals surface area contributed by atoms with Gasteiger partial charge >= 0.3 is 0 Å². The van der Waals surface area contributed by atoms with Crippen LogP contribution in [0.4, 0.5) is 5.69 Å². The van der Waals surface area contributed by atoms with Gasteiger partial charge in [-0.2, -0.15) is 0 Å². The normalized spacial score (nSPS) is 14.2. The molecular formula is C16H16N2OS. The van der Waals surface area contributed by atoms with E-state index in [1.807, 2.05) is 18.2 Å². The van der Waals surface area contributed by atoms with Crippen LogP contribution in [0.25, 0.3) is 0 Å². The number of aromatic nitrogens is 1. The second kappa shape index (κ2) is 5.56. The molecule has 2 N–H and O–H groups in total. The first-order valence-electron chi connectivity index (χ1n) is 6.67. The van der Waals surface area contributed by atoms with Gasteiger partial charge in [0.05, 0.1) is 18.5 Å². The van der Waals surface area contributed by atoms with E-state index >= 15 is 0 Å². The average Bonchev–Trinajstić information content (AvgIpc) is 2.83. The molecule has 0 atom stereocenters. The molecule has 1 fully saturated rings. The lowest BCUT2D eigenvalue weighted by molar-refractivity contribution is 0.412. The van der Waals surface area contributed by atoms with E-state index in [2.05, 4.69) is 22.2 Å². The predicted molar refractivity (Wildman–Crippen MR) is 82.1 cm³/mol. The molecule has 1 aliphatic rings. The Balaban J connectivity index is 1.77. The van der Waals surface area contributed by atoms with Crippen LogP contribution in [0.3, 0.4) is 0 Å². The van der Waals surface area contributed by atoms with Crippen LogP contribution in [0.15, 0.2) is 23.6 Å². The average molecular weight is 284 g/mol. The zero-order chi connectivity index (χ0) is 13.9. The minimum atomic E-state index is 0.605. The van der Waals surface area contributed by atoms with Gasteiger partial charge < -0.3 is 10.5 Å².